The number of anilines is 1. The standard InChI is InChI=1S/C15H19N5O.2ClH/c16-15(6-2-1-3-7-15)14(21)19-12-4-5-13(18-10-12)20-9-8-17-11-20;;/h4-5,8-11H,1-3,6-7,16H2,(H,19,21);2*1H. The second-order valence-electron chi connectivity index (χ2n) is 5.55. The van der Waals surface area contributed by atoms with Crippen molar-refractivity contribution in [1.29, 1.82) is 0 Å². The van der Waals surface area contributed by atoms with Gasteiger partial charge in [0, 0.05) is 12.4 Å². The third-order valence-electron chi connectivity index (χ3n) is 3.97. The molecule has 1 amide bonds. The fourth-order valence-corrected chi connectivity index (χ4v) is 2.67. The van der Waals surface area contributed by atoms with Crippen LogP contribution in [-0.4, -0.2) is 26.0 Å². The summed E-state index contributed by atoms with van der Waals surface area (Å²) in [6.07, 6.45) is 11.5. The van der Waals surface area contributed by atoms with Gasteiger partial charge < -0.3 is 11.1 Å². The summed E-state index contributed by atoms with van der Waals surface area (Å²) in [6, 6.07) is 3.66. The second kappa shape index (κ2) is 8.29. The fraction of sp³-hybridized carbons (Fsp3) is 0.400. The highest BCUT2D eigenvalue weighted by molar-refractivity contribution is 5.97. The summed E-state index contributed by atoms with van der Waals surface area (Å²) in [7, 11) is 0. The maximum Gasteiger partial charge on any atom is 0.244 e. The lowest BCUT2D eigenvalue weighted by Crippen LogP contribution is -2.52. The van der Waals surface area contributed by atoms with Crippen LogP contribution in [-0.2, 0) is 4.79 Å². The summed E-state index contributed by atoms with van der Waals surface area (Å²) in [5, 5.41) is 2.87. The van der Waals surface area contributed by atoms with Crippen molar-refractivity contribution in [2.75, 3.05) is 5.32 Å². The highest BCUT2D eigenvalue weighted by Gasteiger charge is 2.35. The molecule has 3 rings (SSSR count). The molecule has 0 bridgehead atoms. The summed E-state index contributed by atoms with van der Waals surface area (Å²) in [6.45, 7) is 0. The molecule has 0 aromatic carbocycles. The summed E-state index contributed by atoms with van der Waals surface area (Å²) >= 11 is 0. The molecule has 0 spiro atoms. The van der Waals surface area contributed by atoms with Gasteiger partial charge >= 0.3 is 0 Å². The van der Waals surface area contributed by atoms with Crippen molar-refractivity contribution in [1.82, 2.24) is 14.5 Å². The van der Waals surface area contributed by atoms with Crippen LogP contribution in [0, 0.1) is 0 Å². The molecular weight excluding hydrogens is 337 g/mol. The molecule has 23 heavy (non-hydrogen) atoms. The number of hydrogen-bond acceptors (Lipinski definition) is 4. The Hall–Kier alpha value is -1.63. The van der Waals surface area contributed by atoms with E-state index in [0.717, 1.165) is 37.9 Å². The first-order chi connectivity index (χ1) is 10.2. The molecule has 2 aromatic rings. The monoisotopic (exact) mass is 357 g/mol. The van der Waals surface area contributed by atoms with Crippen LogP contribution < -0.4 is 11.1 Å². The van der Waals surface area contributed by atoms with Gasteiger partial charge in [0.15, 0.2) is 0 Å². The average Bonchev–Trinajstić information content (AvgIpc) is 3.03. The number of nitrogens with one attached hydrogen (secondary N) is 1. The number of nitrogens with two attached hydrogens (primary N) is 1. The molecule has 0 radical (unpaired) electrons. The Morgan fingerprint density at radius 2 is 1.96 bits per heavy atom. The number of carbonyl (C=O) groups excluding carboxylic acids is 1. The third-order valence-corrected chi connectivity index (χ3v) is 3.97. The molecule has 1 aliphatic rings. The number of nitrogens with zero attached hydrogens (tertiary/aromatic N) is 3. The normalized spacial score (nSPS) is 15.9. The second-order valence-corrected chi connectivity index (χ2v) is 5.55. The Morgan fingerprint density at radius 3 is 2.52 bits per heavy atom. The number of pyridine rings is 1. The van der Waals surface area contributed by atoms with Crippen LogP contribution in [0.4, 0.5) is 5.69 Å². The van der Waals surface area contributed by atoms with Crippen molar-refractivity contribution < 1.29 is 4.79 Å². The van der Waals surface area contributed by atoms with Crippen molar-refractivity contribution in [2.24, 2.45) is 5.73 Å². The molecule has 8 heteroatoms. The molecular formula is C15H21Cl2N5O. The van der Waals surface area contributed by atoms with Gasteiger partial charge in [-0.25, -0.2) is 9.97 Å². The molecule has 2 heterocycles. The number of amides is 1. The Labute approximate surface area is 147 Å². The number of halogens is 2. The molecule has 0 saturated heterocycles. The number of carbonyl (C=O) groups is 1. The van der Waals surface area contributed by atoms with Crippen LogP contribution in [0.1, 0.15) is 32.1 Å². The van der Waals surface area contributed by atoms with Gasteiger partial charge in [-0.3, -0.25) is 9.36 Å². The zero-order valence-electron chi connectivity index (χ0n) is 12.6. The predicted molar refractivity (Wildman–Crippen MR) is 94.5 cm³/mol. The van der Waals surface area contributed by atoms with E-state index in [0.29, 0.717) is 5.69 Å². The van der Waals surface area contributed by atoms with Crippen LogP contribution in [0.15, 0.2) is 37.1 Å². The summed E-state index contributed by atoms with van der Waals surface area (Å²) in [4.78, 5) is 20.6. The maximum absolute atomic E-state index is 12.3. The van der Waals surface area contributed by atoms with E-state index in [1.54, 1.807) is 23.3 Å². The SMILES string of the molecule is Cl.Cl.NC1(C(=O)Nc2ccc(-n3ccnc3)nc2)CCCCC1. The van der Waals surface area contributed by atoms with Gasteiger partial charge in [0.25, 0.3) is 0 Å². The highest BCUT2D eigenvalue weighted by atomic mass is 35.5. The molecule has 0 aliphatic heterocycles. The Morgan fingerprint density at radius 1 is 1.22 bits per heavy atom. The van der Waals surface area contributed by atoms with Gasteiger partial charge in [-0.05, 0) is 25.0 Å². The first kappa shape index (κ1) is 19.4. The van der Waals surface area contributed by atoms with Gasteiger partial charge in [0.2, 0.25) is 5.91 Å². The third kappa shape index (κ3) is 4.43. The smallest absolute Gasteiger partial charge is 0.244 e. The van der Waals surface area contributed by atoms with Crippen LogP contribution in [0.5, 0.6) is 0 Å². The summed E-state index contributed by atoms with van der Waals surface area (Å²) in [5.41, 5.74) is 6.14. The molecule has 6 nitrogen and oxygen atoms in total. The minimum atomic E-state index is -0.735. The molecule has 1 fully saturated rings. The van der Waals surface area contributed by atoms with Crippen LogP contribution in [0.2, 0.25) is 0 Å². The summed E-state index contributed by atoms with van der Waals surface area (Å²) < 4.78 is 1.80. The molecule has 0 atom stereocenters. The van der Waals surface area contributed by atoms with Crippen molar-refractivity contribution in [3.63, 3.8) is 0 Å². The highest BCUT2D eigenvalue weighted by Crippen LogP contribution is 2.27. The lowest BCUT2D eigenvalue weighted by atomic mass is 9.82. The van der Waals surface area contributed by atoms with E-state index < -0.39 is 5.54 Å². The molecule has 1 aliphatic carbocycles. The molecule has 3 N–H and O–H groups in total. The zero-order chi connectivity index (χ0) is 14.7. The van der Waals surface area contributed by atoms with Crippen molar-refractivity contribution in [3.05, 3.63) is 37.1 Å². The minimum absolute atomic E-state index is 0. The van der Waals surface area contributed by atoms with Crippen molar-refractivity contribution >= 4 is 36.4 Å². The van der Waals surface area contributed by atoms with E-state index in [-0.39, 0.29) is 30.7 Å². The van der Waals surface area contributed by atoms with Crippen LogP contribution >= 0.6 is 24.8 Å². The van der Waals surface area contributed by atoms with E-state index in [4.69, 9.17) is 5.73 Å². The van der Waals surface area contributed by atoms with Gasteiger partial charge in [-0.15, -0.1) is 24.8 Å². The fourth-order valence-electron chi connectivity index (χ4n) is 2.67. The number of aromatic nitrogens is 3. The molecule has 2 aromatic heterocycles. The van der Waals surface area contributed by atoms with Gasteiger partial charge in [0.1, 0.15) is 12.1 Å². The Bertz CT molecular complexity index is 609. The number of rotatable bonds is 3. The van der Waals surface area contributed by atoms with E-state index >= 15 is 0 Å². The average molecular weight is 358 g/mol. The van der Waals surface area contributed by atoms with Gasteiger partial charge in [-0.2, -0.15) is 0 Å². The van der Waals surface area contributed by atoms with Crippen LogP contribution in [0.25, 0.3) is 5.82 Å². The molecule has 126 valence electrons. The largest absolute Gasteiger partial charge is 0.323 e. The minimum Gasteiger partial charge on any atom is -0.323 e. The zero-order valence-corrected chi connectivity index (χ0v) is 14.3. The van der Waals surface area contributed by atoms with Crippen molar-refractivity contribution in [3.8, 4) is 5.82 Å². The lowest BCUT2D eigenvalue weighted by molar-refractivity contribution is -0.122. The van der Waals surface area contributed by atoms with E-state index in [9.17, 15) is 4.79 Å². The predicted octanol–water partition coefficient (Wildman–Crippen LogP) is 2.71. The first-order valence-corrected chi connectivity index (χ1v) is 7.22. The number of hydrogen-bond donors (Lipinski definition) is 2. The van der Waals surface area contributed by atoms with E-state index in [1.165, 1.54) is 0 Å². The van der Waals surface area contributed by atoms with Crippen LogP contribution in [0.3, 0.4) is 0 Å². The summed E-state index contributed by atoms with van der Waals surface area (Å²) in [5.74, 6) is 0.644. The van der Waals surface area contributed by atoms with Crippen molar-refractivity contribution in [2.45, 2.75) is 37.6 Å². The van der Waals surface area contributed by atoms with Gasteiger partial charge in [-0.1, -0.05) is 19.3 Å². The van der Waals surface area contributed by atoms with Gasteiger partial charge in [0.05, 0.1) is 17.4 Å². The van der Waals surface area contributed by atoms with E-state index in [1.807, 2.05) is 18.3 Å². The lowest BCUT2D eigenvalue weighted by Gasteiger charge is -2.31. The topological polar surface area (TPSA) is 85.8 Å². The Balaban J connectivity index is 0.00000132. The Kier molecular flexibility index (Phi) is 7.00. The maximum atomic E-state index is 12.3. The van der Waals surface area contributed by atoms with E-state index in [2.05, 4.69) is 15.3 Å². The first-order valence-electron chi connectivity index (χ1n) is 7.22. The molecule has 1 saturated carbocycles. The quantitative estimate of drug-likeness (QED) is 0.883. The number of imidazole rings is 1. The molecule has 0 unspecified atom stereocenters.